The molecule has 2 fully saturated rings. The highest BCUT2D eigenvalue weighted by Crippen LogP contribution is 2.36. The van der Waals surface area contributed by atoms with Gasteiger partial charge in [0.15, 0.2) is 17.7 Å². The lowest BCUT2D eigenvalue weighted by Crippen LogP contribution is -2.47. The van der Waals surface area contributed by atoms with Gasteiger partial charge < -0.3 is 15.0 Å². The van der Waals surface area contributed by atoms with E-state index in [1.54, 1.807) is 11.9 Å². The summed E-state index contributed by atoms with van der Waals surface area (Å²) in [6, 6.07) is 4.46. The molecule has 0 spiro atoms. The average Bonchev–Trinajstić information content (AvgIpc) is 2.89. The molecule has 2 saturated heterocycles. The SMILES string of the molecule is CC(=O)NCC1C[N+](C)(c2cc(F)c(N3CC[Si](C)(C)CC3)c(F)c2)C(=O)O1. The lowest BCUT2D eigenvalue weighted by molar-refractivity contribution is -0.119. The third kappa shape index (κ3) is 4.05. The van der Waals surface area contributed by atoms with E-state index in [2.05, 4.69) is 18.4 Å². The zero-order valence-corrected chi connectivity index (χ0v) is 17.8. The number of quaternary nitrogens is 1. The molecule has 1 N–H and O–H groups in total. The molecule has 0 aliphatic carbocycles. The molecule has 0 radical (unpaired) electrons. The van der Waals surface area contributed by atoms with Crippen molar-refractivity contribution in [3.05, 3.63) is 23.8 Å². The van der Waals surface area contributed by atoms with E-state index < -0.39 is 31.9 Å². The van der Waals surface area contributed by atoms with Crippen LogP contribution in [-0.2, 0) is 9.53 Å². The van der Waals surface area contributed by atoms with Crippen LogP contribution in [-0.4, -0.2) is 59.4 Å². The molecule has 154 valence electrons. The van der Waals surface area contributed by atoms with Gasteiger partial charge >= 0.3 is 6.09 Å². The van der Waals surface area contributed by atoms with Crippen LogP contribution < -0.4 is 14.7 Å². The maximum Gasteiger partial charge on any atom is 0.521 e. The van der Waals surface area contributed by atoms with Gasteiger partial charge in [0.05, 0.1) is 21.7 Å². The molecular weight excluding hydrogens is 384 g/mol. The minimum atomic E-state index is -1.26. The van der Waals surface area contributed by atoms with Crippen molar-refractivity contribution in [1.82, 2.24) is 9.80 Å². The van der Waals surface area contributed by atoms with Crippen LogP contribution in [0.5, 0.6) is 0 Å². The second-order valence-electron chi connectivity index (χ2n) is 8.73. The van der Waals surface area contributed by atoms with Gasteiger partial charge in [-0.3, -0.25) is 4.79 Å². The quantitative estimate of drug-likeness (QED) is 0.610. The first-order valence-electron chi connectivity index (χ1n) is 9.57. The molecule has 0 bridgehead atoms. The Morgan fingerprint density at radius 1 is 1.29 bits per heavy atom. The molecular formula is C19H28F2N3O3Si+. The van der Waals surface area contributed by atoms with Crippen molar-refractivity contribution < 1.29 is 23.1 Å². The van der Waals surface area contributed by atoms with E-state index in [9.17, 15) is 18.4 Å². The molecule has 2 amide bonds. The Morgan fingerprint density at radius 2 is 1.86 bits per heavy atom. The van der Waals surface area contributed by atoms with Crippen molar-refractivity contribution in [2.75, 3.05) is 38.1 Å². The van der Waals surface area contributed by atoms with Gasteiger partial charge in [0.2, 0.25) is 5.91 Å². The van der Waals surface area contributed by atoms with E-state index >= 15 is 0 Å². The van der Waals surface area contributed by atoms with Crippen LogP contribution in [0.1, 0.15) is 6.92 Å². The molecule has 0 saturated carbocycles. The van der Waals surface area contributed by atoms with E-state index in [4.69, 9.17) is 4.74 Å². The number of cyclic esters (lactones) is 1. The number of hydrogen-bond donors (Lipinski definition) is 1. The molecule has 3 rings (SSSR count). The number of halogens is 2. The summed E-state index contributed by atoms with van der Waals surface area (Å²) in [7, 11) is 0.311. The summed E-state index contributed by atoms with van der Waals surface area (Å²) < 4.78 is 34.7. The summed E-state index contributed by atoms with van der Waals surface area (Å²) >= 11 is 0. The smallest absolute Gasteiger partial charge is 0.408 e. The predicted molar refractivity (Wildman–Crippen MR) is 107 cm³/mol. The number of benzene rings is 1. The molecule has 6 nitrogen and oxygen atoms in total. The molecule has 2 aliphatic rings. The van der Waals surface area contributed by atoms with E-state index in [0.717, 1.165) is 12.1 Å². The highest BCUT2D eigenvalue weighted by Gasteiger charge is 2.48. The number of hydrogen-bond acceptors (Lipinski definition) is 4. The van der Waals surface area contributed by atoms with Crippen molar-refractivity contribution in [2.24, 2.45) is 0 Å². The fraction of sp³-hybridized carbons (Fsp3) is 0.579. The van der Waals surface area contributed by atoms with E-state index in [1.807, 2.05) is 0 Å². The normalized spacial score (nSPS) is 26.9. The van der Waals surface area contributed by atoms with Crippen molar-refractivity contribution in [3.63, 3.8) is 0 Å². The third-order valence-corrected chi connectivity index (χ3v) is 8.98. The first kappa shape index (κ1) is 20.7. The monoisotopic (exact) mass is 412 g/mol. The molecule has 2 atom stereocenters. The van der Waals surface area contributed by atoms with Gasteiger partial charge in [-0.05, 0) is 12.1 Å². The molecule has 0 aromatic heterocycles. The van der Waals surface area contributed by atoms with Crippen LogP contribution in [0.15, 0.2) is 12.1 Å². The van der Waals surface area contributed by atoms with Gasteiger partial charge in [-0.15, -0.1) is 0 Å². The van der Waals surface area contributed by atoms with Crippen LogP contribution >= 0.6 is 0 Å². The first-order valence-corrected chi connectivity index (χ1v) is 13.0. The van der Waals surface area contributed by atoms with Gasteiger partial charge in [0.1, 0.15) is 17.9 Å². The zero-order chi connectivity index (χ0) is 20.7. The summed E-state index contributed by atoms with van der Waals surface area (Å²) in [5, 5.41) is 2.60. The highest BCUT2D eigenvalue weighted by molar-refractivity contribution is 6.77. The summed E-state index contributed by atoms with van der Waals surface area (Å²) in [6.45, 7) is 7.63. The largest absolute Gasteiger partial charge is 0.521 e. The summed E-state index contributed by atoms with van der Waals surface area (Å²) in [6.07, 6.45) is -1.13. The van der Waals surface area contributed by atoms with E-state index in [0.29, 0.717) is 13.1 Å². The van der Waals surface area contributed by atoms with Crippen molar-refractivity contribution in [2.45, 2.75) is 38.2 Å². The number of likely N-dealkylation sites (N-methyl/N-ethyl adjacent to an activating group) is 1. The van der Waals surface area contributed by atoms with Crippen LogP contribution in [0.25, 0.3) is 0 Å². The number of ether oxygens (including phenoxy) is 1. The molecule has 28 heavy (non-hydrogen) atoms. The minimum absolute atomic E-state index is 0.0118. The maximum absolute atomic E-state index is 14.9. The molecule has 2 aliphatic heterocycles. The molecule has 2 unspecified atom stereocenters. The fourth-order valence-corrected chi connectivity index (χ4v) is 5.83. The van der Waals surface area contributed by atoms with Crippen molar-refractivity contribution in [1.29, 1.82) is 0 Å². The van der Waals surface area contributed by atoms with Gasteiger partial charge in [-0.1, -0.05) is 13.1 Å². The summed E-state index contributed by atoms with van der Waals surface area (Å²) in [5.74, 6) is -1.55. The number of carbonyl (C=O) groups excluding carboxylic acids is 2. The number of anilines is 1. The van der Waals surface area contributed by atoms with E-state index in [1.165, 1.54) is 19.1 Å². The fourth-order valence-electron chi connectivity index (χ4n) is 3.83. The number of nitrogens with one attached hydrogen (secondary N) is 1. The Balaban J connectivity index is 1.82. The molecule has 1 aromatic rings. The van der Waals surface area contributed by atoms with Crippen molar-refractivity contribution >= 4 is 31.4 Å². The van der Waals surface area contributed by atoms with Crippen LogP contribution in [0.2, 0.25) is 25.2 Å². The predicted octanol–water partition coefficient (Wildman–Crippen LogP) is 3.09. The zero-order valence-electron chi connectivity index (χ0n) is 16.8. The number of carbonyl (C=O) groups is 2. The second-order valence-corrected chi connectivity index (χ2v) is 14.1. The molecule has 2 heterocycles. The average molecular weight is 413 g/mol. The van der Waals surface area contributed by atoms with Gasteiger partial charge in [0.25, 0.3) is 0 Å². The molecule has 1 aromatic carbocycles. The van der Waals surface area contributed by atoms with E-state index in [-0.39, 0.29) is 34.9 Å². The third-order valence-electron chi connectivity index (χ3n) is 5.82. The summed E-state index contributed by atoms with van der Waals surface area (Å²) in [4.78, 5) is 25.3. The Kier molecular flexibility index (Phi) is 5.50. The van der Waals surface area contributed by atoms with Crippen LogP contribution in [0, 0.1) is 11.6 Å². The Morgan fingerprint density at radius 3 is 2.39 bits per heavy atom. The van der Waals surface area contributed by atoms with Crippen LogP contribution in [0.4, 0.5) is 25.0 Å². The first-order chi connectivity index (χ1) is 13.0. The maximum atomic E-state index is 14.9. The van der Waals surface area contributed by atoms with Gasteiger partial charge in [0, 0.05) is 32.1 Å². The van der Waals surface area contributed by atoms with Crippen molar-refractivity contribution in [3.8, 4) is 0 Å². The highest BCUT2D eigenvalue weighted by atomic mass is 28.3. The number of amides is 2. The lowest BCUT2D eigenvalue weighted by atomic mass is 10.2. The van der Waals surface area contributed by atoms with Crippen LogP contribution in [0.3, 0.4) is 0 Å². The Bertz CT molecular complexity index is 772. The topological polar surface area (TPSA) is 58.6 Å². The van der Waals surface area contributed by atoms with Gasteiger partial charge in [-0.25, -0.2) is 8.78 Å². The molecule has 9 heteroatoms. The number of rotatable bonds is 4. The summed E-state index contributed by atoms with van der Waals surface area (Å²) in [5.41, 5.74) is 0.197. The Hall–Kier alpha value is -2.00. The standard InChI is InChI=1S/C19H27F2N3O3Si/c1-13(25)22-11-15-12-24(2,19(26)27-15)14-9-16(20)18(17(21)10-14)23-5-7-28(3,4)8-6-23/h9-10,15H,5-8,11-12H2,1-4H3/p+1. The lowest BCUT2D eigenvalue weighted by Gasteiger charge is -2.37. The minimum Gasteiger partial charge on any atom is -0.408 e. The number of nitrogens with zero attached hydrogens (tertiary/aromatic N) is 2. The Labute approximate surface area is 165 Å². The van der Waals surface area contributed by atoms with Gasteiger partial charge in [-0.2, -0.15) is 9.28 Å². The second kappa shape index (κ2) is 7.44.